The van der Waals surface area contributed by atoms with Crippen molar-refractivity contribution in [3.8, 4) is 0 Å². The number of halogens is 6. The van der Waals surface area contributed by atoms with Crippen molar-refractivity contribution in [1.82, 2.24) is 0 Å². The first kappa shape index (κ1) is 33.4. The van der Waals surface area contributed by atoms with E-state index in [1.165, 1.54) is 12.1 Å². The van der Waals surface area contributed by atoms with Gasteiger partial charge in [0, 0.05) is 71.6 Å². The molecule has 2 aromatic heterocycles. The predicted octanol–water partition coefficient (Wildman–Crippen LogP) is 9.07. The first-order valence-electron chi connectivity index (χ1n) is 14.9. The molecule has 46 heavy (non-hydrogen) atoms. The third kappa shape index (κ3) is 5.86. The molecule has 0 saturated heterocycles. The van der Waals surface area contributed by atoms with Gasteiger partial charge in [0.1, 0.15) is 11.2 Å². The maximum absolute atomic E-state index is 13.2. The first-order valence-corrected chi connectivity index (χ1v) is 14.9. The molecule has 0 saturated carbocycles. The van der Waals surface area contributed by atoms with Gasteiger partial charge in [-0.05, 0) is 75.6 Å². The van der Waals surface area contributed by atoms with E-state index in [9.17, 15) is 35.9 Å². The Morgan fingerprint density at radius 3 is 1.26 bits per heavy atom. The number of anilines is 2. The van der Waals surface area contributed by atoms with Crippen LogP contribution in [0.1, 0.15) is 88.5 Å². The van der Waals surface area contributed by atoms with Crippen molar-refractivity contribution >= 4 is 33.3 Å². The van der Waals surface area contributed by atoms with Crippen LogP contribution in [0.2, 0.25) is 0 Å². The molecule has 0 N–H and O–H groups in total. The van der Waals surface area contributed by atoms with Crippen LogP contribution in [-0.4, -0.2) is 25.2 Å². The number of benzene rings is 2. The number of hydrogen-bond acceptors (Lipinski definition) is 6. The predicted molar refractivity (Wildman–Crippen MR) is 166 cm³/mol. The Balaban J connectivity index is 0.000000181. The molecular formula is C34H36F6N2O4. The van der Waals surface area contributed by atoms with Crippen LogP contribution in [0, 0.1) is 0 Å². The van der Waals surface area contributed by atoms with Gasteiger partial charge in [0.25, 0.3) is 0 Å². The Kier molecular flexibility index (Phi) is 7.85. The number of nitrogens with zero attached hydrogens (tertiary/aromatic N) is 2. The second-order valence-electron chi connectivity index (χ2n) is 13.7. The van der Waals surface area contributed by atoms with E-state index in [1.54, 1.807) is 12.1 Å². The van der Waals surface area contributed by atoms with Crippen molar-refractivity contribution in [1.29, 1.82) is 0 Å². The van der Waals surface area contributed by atoms with Crippen LogP contribution in [0.5, 0.6) is 0 Å². The fourth-order valence-corrected chi connectivity index (χ4v) is 6.91. The van der Waals surface area contributed by atoms with Gasteiger partial charge >= 0.3 is 23.6 Å². The van der Waals surface area contributed by atoms with Crippen LogP contribution in [0.15, 0.2) is 54.8 Å². The largest absolute Gasteiger partial charge is 0.423 e. The fourth-order valence-electron chi connectivity index (χ4n) is 6.91. The molecule has 0 unspecified atom stereocenters. The number of hydrogen-bond donors (Lipinski definition) is 0. The van der Waals surface area contributed by atoms with Crippen molar-refractivity contribution < 1.29 is 35.2 Å². The minimum atomic E-state index is -4.59. The van der Waals surface area contributed by atoms with E-state index in [2.05, 4.69) is 27.7 Å². The molecule has 2 atom stereocenters. The van der Waals surface area contributed by atoms with E-state index in [0.29, 0.717) is 12.1 Å². The molecule has 0 radical (unpaired) electrons. The molecular weight excluding hydrogens is 614 g/mol. The fraction of sp³-hybridized carbons (Fsp3) is 0.471. The topological polar surface area (TPSA) is 66.9 Å². The summed E-state index contributed by atoms with van der Waals surface area (Å²) >= 11 is 0. The van der Waals surface area contributed by atoms with Gasteiger partial charge in [-0.3, -0.25) is 0 Å². The van der Waals surface area contributed by atoms with Gasteiger partial charge in [-0.25, -0.2) is 9.59 Å². The van der Waals surface area contributed by atoms with E-state index in [0.717, 1.165) is 35.3 Å². The van der Waals surface area contributed by atoms with Crippen molar-refractivity contribution in [2.24, 2.45) is 0 Å². The Morgan fingerprint density at radius 2 is 0.957 bits per heavy atom. The molecule has 12 heteroatoms. The molecule has 0 aliphatic carbocycles. The summed E-state index contributed by atoms with van der Waals surface area (Å²) in [6.07, 6.45) is -7.52. The molecule has 6 nitrogen and oxygen atoms in total. The van der Waals surface area contributed by atoms with E-state index in [-0.39, 0.29) is 44.9 Å². The van der Waals surface area contributed by atoms with E-state index in [4.69, 9.17) is 8.83 Å². The van der Waals surface area contributed by atoms with Crippen LogP contribution < -0.4 is 21.1 Å². The molecule has 248 valence electrons. The Labute approximate surface area is 261 Å². The summed E-state index contributed by atoms with van der Waals surface area (Å²) < 4.78 is 89.5. The molecule has 2 aliphatic heterocycles. The number of alkyl halides is 6. The maximum Gasteiger partial charge on any atom is 0.417 e. The highest BCUT2D eigenvalue weighted by atomic mass is 19.4. The van der Waals surface area contributed by atoms with E-state index < -0.39 is 34.7 Å². The van der Waals surface area contributed by atoms with Crippen LogP contribution in [0.25, 0.3) is 21.9 Å². The lowest BCUT2D eigenvalue weighted by Crippen LogP contribution is -2.45. The highest BCUT2D eigenvalue weighted by Gasteiger charge is 2.39. The lowest BCUT2D eigenvalue weighted by atomic mass is 9.80. The molecule has 4 heterocycles. The smallest absolute Gasteiger partial charge is 0.417 e. The maximum atomic E-state index is 13.2. The zero-order chi connectivity index (χ0) is 34.3. The summed E-state index contributed by atoms with van der Waals surface area (Å²) in [4.78, 5) is 27.1. The van der Waals surface area contributed by atoms with Crippen LogP contribution in [0.4, 0.5) is 37.7 Å². The quantitative estimate of drug-likeness (QED) is 0.140. The summed E-state index contributed by atoms with van der Waals surface area (Å²) in [6, 6.07) is 7.20. The minimum Gasteiger partial charge on any atom is -0.423 e. The lowest BCUT2D eigenvalue weighted by Gasteiger charge is -2.45. The summed E-state index contributed by atoms with van der Waals surface area (Å²) in [5.41, 5.74) is -0.849. The molecule has 0 spiro atoms. The summed E-state index contributed by atoms with van der Waals surface area (Å²) in [5.74, 6) is 0.238. The summed E-state index contributed by atoms with van der Waals surface area (Å²) in [7, 11) is 3.81. The molecule has 0 amide bonds. The van der Waals surface area contributed by atoms with Crippen molar-refractivity contribution in [3.63, 3.8) is 0 Å². The van der Waals surface area contributed by atoms with Gasteiger partial charge in [0.15, 0.2) is 0 Å². The van der Waals surface area contributed by atoms with Crippen molar-refractivity contribution in [2.75, 3.05) is 23.9 Å². The third-order valence-electron chi connectivity index (χ3n) is 9.61. The zero-order valence-corrected chi connectivity index (χ0v) is 26.8. The third-order valence-corrected chi connectivity index (χ3v) is 9.61. The van der Waals surface area contributed by atoms with E-state index >= 15 is 0 Å². The molecule has 4 aromatic rings. The van der Waals surface area contributed by atoms with Gasteiger partial charge in [0.2, 0.25) is 0 Å². The molecule has 0 bridgehead atoms. The average Bonchev–Trinajstić information content (AvgIpc) is 2.91. The lowest BCUT2D eigenvalue weighted by molar-refractivity contribution is -0.137. The van der Waals surface area contributed by atoms with Crippen LogP contribution in [-0.2, 0) is 12.4 Å². The van der Waals surface area contributed by atoms with Crippen LogP contribution in [0.3, 0.4) is 0 Å². The molecule has 2 aliphatic rings. The van der Waals surface area contributed by atoms with Crippen LogP contribution >= 0.6 is 0 Å². The van der Waals surface area contributed by atoms with E-state index in [1.807, 2.05) is 37.7 Å². The van der Waals surface area contributed by atoms with Gasteiger partial charge in [0.05, 0.1) is 11.1 Å². The monoisotopic (exact) mass is 650 g/mol. The number of rotatable bonds is 0. The Morgan fingerprint density at radius 1 is 0.630 bits per heavy atom. The van der Waals surface area contributed by atoms with Crippen molar-refractivity contribution in [2.45, 2.75) is 89.7 Å². The first-order chi connectivity index (χ1) is 21.0. The highest BCUT2D eigenvalue weighted by Crippen LogP contribution is 2.47. The Bertz CT molecular complexity index is 1810. The summed E-state index contributed by atoms with van der Waals surface area (Å²) in [5, 5.41) is -0.119. The van der Waals surface area contributed by atoms with Gasteiger partial charge in [-0.2, -0.15) is 26.3 Å². The molecule has 0 fully saturated rings. The second kappa shape index (κ2) is 10.8. The summed E-state index contributed by atoms with van der Waals surface area (Å²) in [6.45, 7) is 12.3. The SMILES string of the molecule is C[C@H]1CC(C)(C)N(C)c2cc3oc(=O)cc(C(F)(F)F)c3cc21.C[C@H]1CC(C)(C)N(C)c2cc3oc(=O)cc(C(F)(F)F)c3cc21. The normalized spacial score (nSPS) is 20.7. The van der Waals surface area contributed by atoms with Crippen molar-refractivity contribution in [3.05, 3.63) is 79.5 Å². The standard InChI is InChI=1S/2C17H18F3NO2/c2*1-9-8-16(2,3)21(4)13-7-14-11(5-10(9)13)12(17(18,19)20)6-15(22)23-14/h2*5-7,9H,8H2,1-4H3/t2*9-/m00/s1. The minimum absolute atomic E-state index is 0.0275. The second-order valence-corrected chi connectivity index (χ2v) is 13.7. The number of fused-ring (bicyclic) bond motifs is 4. The Hall–Kier alpha value is -3.96. The van der Waals surface area contributed by atoms with Gasteiger partial charge in [-0.15, -0.1) is 0 Å². The highest BCUT2D eigenvalue weighted by molar-refractivity contribution is 5.88. The average molecular weight is 651 g/mol. The molecule has 2 aromatic carbocycles. The van der Waals surface area contributed by atoms with Gasteiger partial charge in [-0.1, -0.05) is 13.8 Å². The zero-order valence-electron chi connectivity index (χ0n) is 26.8. The van der Waals surface area contributed by atoms with Gasteiger partial charge < -0.3 is 18.6 Å². The molecule has 6 rings (SSSR count).